The SMILES string of the molecule is CCC1CCN(CC2(C)CNC2)C1. The summed E-state index contributed by atoms with van der Waals surface area (Å²) in [5.41, 5.74) is 0.586. The van der Waals surface area contributed by atoms with Crippen LogP contribution in [0.5, 0.6) is 0 Å². The van der Waals surface area contributed by atoms with Crippen molar-refractivity contribution < 1.29 is 0 Å². The molecule has 2 nitrogen and oxygen atoms in total. The Balaban J connectivity index is 1.77. The lowest BCUT2D eigenvalue weighted by Gasteiger charge is -2.42. The second-order valence-electron chi connectivity index (χ2n) is 5.21. The maximum atomic E-state index is 3.37. The predicted octanol–water partition coefficient (Wildman–Crippen LogP) is 1.33. The summed E-state index contributed by atoms with van der Waals surface area (Å²) in [6.45, 7) is 11.2. The Labute approximate surface area is 81.7 Å². The fourth-order valence-corrected chi connectivity index (χ4v) is 2.59. The average Bonchev–Trinajstić information content (AvgIpc) is 2.49. The first-order valence-electron chi connectivity index (χ1n) is 5.65. The van der Waals surface area contributed by atoms with Gasteiger partial charge in [0.05, 0.1) is 0 Å². The third-order valence-electron chi connectivity index (χ3n) is 3.66. The zero-order chi connectivity index (χ0) is 9.31. The molecule has 0 aromatic carbocycles. The van der Waals surface area contributed by atoms with Gasteiger partial charge in [-0.3, -0.25) is 0 Å². The van der Waals surface area contributed by atoms with Crippen molar-refractivity contribution in [3.05, 3.63) is 0 Å². The zero-order valence-corrected chi connectivity index (χ0v) is 8.97. The molecule has 2 rings (SSSR count). The molecule has 0 amide bonds. The molecule has 1 atom stereocenters. The third kappa shape index (κ3) is 2.05. The minimum atomic E-state index is 0.586. The minimum Gasteiger partial charge on any atom is -0.315 e. The topological polar surface area (TPSA) is 15.3 Å². The summed E-state index contributed by atoms with van der Waals surface area (Å²) in [5, 5.41) is 3.37. The minimum absolute atomic E-state index is 0.586. The molecule has 2 aliphatic heterocycles. The van der Waals surface area contributed by atoms with Gasteiger partial charge in [0.15, 0.2) is 0 Å². The maximum Gasteiger partial charge on any atom is 0.00598 e. The van der Waals surface area contributed by atoms with Crippen LogP contribution >= 0.6 is 0 Å². The van der Waals surface area contributed by atoms with Gasteiger partial charge in [-0.05, 0) is 18.9 Å². The Hall–Kier alpha value is -0.0800. The van der Waals surface area contributed by atoms with Crippen LogP contribution in [-0.2, 0) is 0 Å². The summed E-state index contributed by atoms with van der Waals surface area (Å²) in [4.78, 5) is 2.66. The van der Waals surface area contributed by atoms with Crippen molar-refractivity contribution in [1.82, 2.24) is 10.2 Å². The summed E-state index contributed by atoms with van der Waals surface area (Å²) < 4.78 is 0. The molecule has 13 heavy (non-hydrogen) atoms. The molecular formula is C11H22N2. The fraction of sp³-hybridized carbons (Fsp3) is 1.00. The van der Waals surface area contributed by atoms with Crippen molar-refractivity contribution in [2.24, 2.45) is 11.3 Å². The third-order valence-corrected chi connectivity index (χ3v) is 3.66. The van der Waals surface area contributed by atoms with Crippen LogP contribution in [0.1, 0.15) is 26.7 Å². The van der Waals surface area contributed by atoms with E-state index in [0.717, 1.165) is 5.92 Å². The van der Waals surface area contributed by atoms with Gasteiger partial charge in [-0.15, -0.1) is 0 Å². The molecule has 2 fully saturated rings. The van der Waals surface area contributed by atoms with Gasteiger partial charge in [0, 0.05) is 31.6 Å². The van der Waals surface area contributed by atoms with Gasteiger partial charge < -0.3 is 10.2 Å². The lowest BCUT2D eigenvalue weighted by atomic mass is 9.84. The van der Waals surface area contributed by atoms with E-state index in [9.17, 15) is 0 Å². The molecular weight excluding hydrogens is 160 g/mol. The molecule has 0 saturated carbocycles. The largest absolute Gasteiger partial charge is 0.315 e. The first-order valence-corrected chi connectivity index (χ1v) is 5.65. The van der Waals surface area contributed by atoms with Gasteiger partial charge in [0.1, 0.15) is 0 Å². The molecule has 0 radical (unpaired) electrons. The summed E-state index contributed by atoms with van der Waals surface area (Å²) in [5.74, 6) is 0.983. The van der Waals surface area contributed by atoms with E-state index in [-0.39, 0.29) is 0 Å². The van der Waals surface area contributed by atoms with Crippen LogP contribution in [0.15, 0.2) is 0 Å². The fourth-order valence-electron chi connectivity index (χ4n) is 2.59. The molecule has 1 N–H and O–H groups in total. The van der Waals surface area contributed by atoms with Gasteiger partial charge in [-0.1, -0.05) is 20.3 Å². The number of hydrogen-bond acceptors (Lipinski definition) is 2. The Morgan fingerprint density at radius 3 is 2.69 bits per heavy atom. The standard InChI is InChI=1S/C11H22N2/c1-3-10-4-5-13(6-10)9-11(2)7-12-8-11/h10,12H,3-9H2,1-2H3. The smallest absolute Gasteiger partial charge is 0.00598 e. The van der Waals surface area contributed by atoms with Crippen LogP contribution < -0.4 is 5.32 Å². The molecule has 76 valence electrons. The van der Waals surface area contributed by atoms with Gasteiger partial charge in [-0.2, -0.15) is 0 Å². The first kappa shape index (κ1) is 9.47. The Morgan fingerprint density at radius 1 is 1.46 bits per heavy atom. The van der Waals surface area contributed by atoms with Crippen molar-refractivity contribution in [1.29, 1.82) is 0 Å². The number of nitrogens with one attached hydrogen (secondary N) is 1. The highest BCUT2D eigenvalue weighted by atomic mass is 15.2. The normalized spacial score (nSPS) is 33.2. The highest BCUT2D eigenvalue weighted by Crippen LogP contribution is 2.27. The Bertz CT molecular complexity index is 175. The second-order valence-corrected chi connectivity index (χ2v) is 5.21. The van der Waals surface area contributed by atoms with E-state index in [1.165, 1.54) is 45.6 Å². The monoisotopic (exact) mass is 182 g/mol. The van der Waals surface area contributed by atoms with Crippen LogP contribution in [0.2, 0.25) is 0 Å². The Morgan fingerprint density at radius 2 is 2.23 bits per heavy atom. The highest BCUT2D eigenvalue weighted by molar-refractivity contribution is 4.92. The molecule has 1 unspecified atom stereocenters. The van der Waals surface area contributed by atoms with E-state index >= 15 is 0 Å². The highest BCUT2D eigenvalue weighted by Gasteiger charge is 2.35. The first-order chi connectivity index (χ1) is 6.22. The van der Waals surface area contributed by atoms with Gasteiger partial charge in [0.2, 0.25) is 0 Å². The van der Waals surface area contributed by atoms with Crippen molar-refractivity contribution in [3.63, 3.8) is 0 Å². The van der Waals surface area contributed by atoms with Gasteiger partial charge in [0.25, 0.3) is 0 Å². The summed E-state index contributed by atoms with van der Waals surface area (Å²) in [7, 11) is 0. The Kier molecular flexibility index (Phi) is 2.61. The number of likely N-dealkylation sites (tertiary alicyclic amines) is 1. The molecule has 0 aromatic heterocycles. The molecule has 0 spiro atoms. The molecule has 2 aliphatic rings. The van der Waals surface area contributed by atoms with Crippen LogP contribution in [0.25, 0.3) is 0 Å². The molecule has 2 heteroatoms. The van der Waals surface area contributed by atoms with E-state index in [1.54, 1.807) is 0 Å². The van der Waals surface area contributed by atoms with E-state index < -0.39 is 0 Å². The molecule has 2 heterocycles. The van der Waals surface area contributed by atoms with E-state index in [1.807, 2.05) is 0 Å². The number of hydrogen-bond donors (Lipinski definition) is 1. The molecule has 0 aromatic rings. The van der Waals surface area contributed by atoms with Crippen LogP contribution in [-0.4, -0.2) is 37.6 Å². The molecule has 0 bridgehead atoms. The number of rotatable bonds is 3. The van der Waals surface area contributed by atoms with Crippen molar-refractivity contribution in [2.45, 2.75) is 26.7 Å². The lowest BCUT2D eigenvalue weighted by molar-refractivity contribution is 0.121. The summed E-state index contributed by atoms with van der Waals surface area (Å²) in [6, 6.07) is 0. The molecule has 2 saturated heterocycles. The van der Waals surface area contributed by atoms with Crippen LogP contribution in [0.4, 0.5) is 0 Å². The lowest BCUT2D eigenvalue weighted by Crippen LogP contribution is -2.56. The second kappa shape index (κ2) is 3.58. The quantitative estimate of drug-likeness (QED) is 0.708. The predicted molar refractivity (Wildman–Crippen MR) is 55.8 cm³/mol. The van der Waals surface area contributed by atoms with Crippen molar-refractivity contribution >= 4 is 0 Å². The van der Waals surface area contributed by atoms with Crippen molar-refractivity contribution in [2.75, 3.05) is 32.7 Å². The average molecular weight is 182 g/mol. The number of nitrogens with zero attached hydrogens (tertiary/aromatic N) is 1. The van der Waals surface area contributed by atoms with E-state index in [0.29, 0.717) is 5.41 Å². The van der Waals surface area contributed by atoms with E-state index in [2.05, 4.69) is 24.1 Å². The summed E-state index contributed by atoms with van der Waals surface area (Å²) in [6.07, 6.45) is 2.80. The zero-order valence-electron chi connectivity index (χ0n) is 8.97. The summed E-state index contributed by atoms with van der Waals surface area (Å²) >= 11 is 0. The molecule has 0 aliphatic carbocycles. The van der Waals surface area contributed by atoms with E-state index in [4.69, 9.17) is 0 Å². The van der Waals surface area contributed by atoms with Gasteiger partial charge in [-0.25, -0.2) is 0 Å². The maximum absolute atomic E-state index is 3.37. The van der Waals surface area contributed by atoms with Crippen LogP contribution in [0, 0.1) is 11.3 Å². The van der Waals surface area contributed by atoms with Gasteiger partial charge >= 0.3 is 0 Å². The van der Waals surface area contributed by atoms with Crippen molar-refractivity contribution in [3.8, 4) is 0 Å². The van der Waals surface area contributed by atoms with Crippen LogP contribution in [0.3, 0.4) is 0 Å².